The molecule has 0 bridgehead atoms. The highest BCUT2D eigenvalue weighted by atomic mass is 16.5. The van der Waals surface area contributed by atoms with Crippen LogP contribution in [0.4, 0.5) is 5.69 Å². The second-order valence-corrected chi connectivity index (χ2v) is 5.13. The molecule has 2 N–H and O–H groups in total. The maximum Gasteiger partial charge on any atom is 0.238 e. The van der Waals surface area contributed by atoms with Crippen LogP contribution in [-0.2, 0) is 9.53 Å². The highest BCUT2D eigenvalue weighted by Gasteiger charge is 2.08. The topological polar surface area (TPSA) is 59.6 Å². The first-order valence-corrected chi connectivity index (χ1v) is 7.52. The lowest BCUT2D eigenvalue weighted by atomic mass is 10.2. The van der Waals surface area contributed by atoms with Crippen LogP contribution in [0.25, 0.3) is 0 Å². The van der Waals surface area contributed by atoms with Gasteiger partial charge in [0.2, 0.25) is 5.91 Å². The Labute approximate surface area is 136 Å². The van der Waals surface area contributed by atoms with Crippen molar-refractivity contribution in [3.63, 3.8) is 0 Å². The summed E-state index contributed by atoms with van der Waals surface area (Å²) in [6, 6.07) is 15.2. The number of hydrogen-bond donors (Lipinski definition) is 2. The number of para-hydroxylation sites is 2. The minimum absolute atomic E-state index is 0.124. The second kappa shape index (κ2) is 8.92. The highest BCUT2D eigenvalue weighted by molar-refractivity contribution is 5.93. The summed E-state index contributed by atoms with van der Waals surface area (Å²) < 4.78 is 10.8. The van der Waals surface area contributed by atoms with Crippen molar-refractivity contribution >= 4 is 11.6 Å². The lowest BCUT2D eigenvalue weighted by molar-refractivity contribution is -0.115. The zero-order valence-corrected chi connectivity index (χ0v) is 13.5. The van der Waals surface area contributed by atoms with Crippen LogP contribution in [0.1, 0.15) is 5.56 Å². The maximum absolute atomic E-state index is 12.0. The fourth-order valence-electron chi connectivity index (χ4n) is 2.04. The van der Waals surface area contributed by atoms with Gasteiger partial charge in [-0.15, -0.1) is 0 Å². The Balaban J connectivity index is 1.98. The fraction of sp³-hybridized carbons (Fsp3) is 0.278. The standard InChI is InChI=1S/C18H22N2O3/c1-14-6-5-7-15(12-14)23-17-9-4-3-8-16(17)20-18(21)13-19-10-11-22-2/h3-9,12,19H,10-11,13H2,1-2H3,(H,20,21). The maximum atomic E-state index is 12.0. The average molecular weight is 314 g/mol. The van der Waals surface area contributed by atoms with Crippen LogP contribution in [0, 0.1) is 6.92 Å². The number of methoxy groups -OCH3 is 1. The molecule has 2 aromatic rings. The summed E-state index contributed by atoms with van der Waals surface area (Å²) in [7, 11) is 1.63. The first-order valence-electron chi connectivity index (χ1n) is 7.52. The first-order chi connectivity index (χ1) is 11.2. The number of anilines is 1. The Hall–Kier alpha value is -2.37. The molecular weight excluding hydrogens is 292 g/mol. The van der Waals surface area contributed by atoms with Crippen molar-refractivity contribution in [1.29, 1.82) is 0 Å². The van der Waals surface area contributed by atoms with Gasteiger partial charge in [-0.1, -0.05) is 24.3 Å². The quantitative estimate of drug-likeness (QED) is 0.736. The van der Waals surface area contributed by atoms with Crippen LogP contribution < -0.4 is 15.4 Å². The molecule has 0 saturated carbocycles. The summed E-state index contributed by atoms with van der Waals surface area (Å²) in [6.45, 7) is 3.43. The molecule has 0 aliphatic rings. The van der Waals surface area contributed by atoms with E-state index in [2.05, 4.69) is 10.6 Å². The van der Waals surface area contributed by atoms with Gasteiger partial charge in [0, 0.05) is 13.7 Å². The molecule has 5 heteroatoms. The molecule has 23 heavy (non-hydrogen) atoms. The molecule has 0 spiro atoms. The molecule has 0 atom stereocenters. The minimum Gasteiger partial charge on any atom is -0.455 e. The summed E-state index contributed by atoms with van der Waals surface area (Å²) >= 11 is 0. The number of benzene rings is 2. The van der Waals surface area contributed by atoms with E-state index in [9.17, 15) is 4.79 Å². The summed E-state index contributed by atoms with van der Waals surface area (Å²) in [5.41, 5.74) is 1.76. The molecule has 0 aliphatic heterocycles. The minimum atomic E-state index is -0.124. The molecule has 0 aromatic heterocycles. The number of amides is 1. The van der Waals surface area contributed by atoms with E-state index in [-0.39, 0.29) is 12.5 Å². The monoisotopic (exact) mass is 314 g/mol. The van der Waals surface area contributed by atoms with Gasteiger partial charge in [-0.3, -0.25) is 4.79 Å². The second-order valence-electron chi connectivity index (χ2n) is 5.13. The molecule has 0 radical (unpaired) electrons. The highest BCUT2D eigenvalue weighted by Crippen LogP contribution is 2.29. The molecule has 0 saturated heterocycles. The van der Waals surface area contributed by atoms with Gasteiger partial charge in [0.1, 0.15) is 5.75 Å². The van der Waals surface area contributed by atoms with Gasteiger partial charge in [0.25, 0.3) is 0 Å². The third-order valence-corrected chi connectivity index (χ3v) is 3.15. The predicted molar refractivity (Wildman–Crippen MR) is 91.1 cm³/mol. The number of ether oxygens (including phenoxy) is 2. The van der Waals surface area contributed by atoms with E-state index in [0.717, 1.165) is 11.3 Å². The first kappa shape index (κ1) is 17.0. The average Bonchev–Trinajstić information content (AvgIpc) is 2.53. The Bertz CT molecular complexity index is 644. The largest absolute Gasteiger partial charge is 0.455 e. The number of carbonyl (C=O) groups is 1. The number of aryl methyl sites for hydroxylation is 1. The van der Waals surface area contributed by atoms with E-state index in [1.165, 1.54) is 0 Å². The number of nitrogens with one attached hydrogen (secondary N) is 2. The smallest absolute Gasteiger partial charge is 0.238 e. The third-order valence-electron chi connectivity index (χ3n) is 3.15. The van der Waals surface area contributed by atoms with Crippen LogP contribution in [0.15, 0.2) is 48.5 Å². The third kappa shape index (κ3) is 5.73. The Kier molecular flexibility index (Phi) is 6.59. The van der Waals surface area contributed by atoms with Crippen molar-refractivity contribution in [1.82, 2.24) is 5.32 Å². The summed E-state index contributed by atoms with van der Waals surface area (Å²) in [4.78, 5) is 12.0. The van der Waals surface area contributed by atoms with E-state index in [4.69, 9.17) is 9.47 Å². The zero-order chi connectivity index (χ0) is 16.5. The van der Waals surface area contributed by atoms with Crippen LogP contribution >= 0.6 is 0 Å². The molecule has 1 amide bonds. The lowest BCUT2D eigenvalue weighted by Gasteiger charge is -2.13. The van der Waals surface area contributed by atoms with E-state index in [0.29, 0.717) is 24.6 Å². The zero-order valence-electron chi connectivity index (χ0n) is 13.5. The van der Waals surface area contributed by atoms with Crippen LogP contribution in [0.2, 0.25) is 0 Å². The van der Waals surface area contributed by atoms with Crippen molar-refractivity contribution in [3.8, 4) is 11.5 Å². The number of rotatable bonds is 8. The Morgan fingerprint density at radius 1 is 1.13 bits per heavy atom. The molecular formula is C18H22N2O3. The normalized spacial score (nSPS) is 10.3. The van der Waals surface area contributed by atoms with Gasteiger partial charge in [0.15, 0.2) is 5.75 Å². The number of hydrogen-bond acceptors (Lipinski definition) is 4. The predicted octanol–water partition coefficient (Wildman–Crippen LogP) is 2.96. The molecule has 122 valence electrons. The summed E-state index contributed by atoms with van der Waals surface area (Å²) in [5, 5.41) is 5.86. The molecule has 2 rings (SSSR count). The molecule has 5 nitrogen and oxygen atoms in total. The van der Waals surface area contributed by atoms with E-state index in [1.807, 2.05) is 55.5 Å². The van der Waals surface area contributed by atoms with Gasteiger partial charge in [-0.2, -0.15) is 0 Å². The Morgan fingerprint density at radius 2 is 1.96 bits per heavy atom. The van der Waals surface area contributed by atoms with Crippen molar-refractivity contribution < 1.29 is 14.3 Å². The number of carbonyl (C=O) groups excluding carboxylic acids is 1. The van der Waals surface area contributed by atoms with Gasteiger partial charge in [-0.25, -0.2) is 0 Å². The van der Waals surface area contributed by atoms with Gasteiger partial charge in [0.05, 0.1) is 18.8 Å². The Morgan fingerprint density at radius 3 is 2.74 bits per heavy atom. The SMILES string of the molecule is COCCNCC(=O)Nc1ccccc1Oc1cccc(C)c1. The molecule has 2 aromatic carbocycles. The van der Waals surface area contributed by atoms with Crippen molar-refractivity contribution in [3.05, 3.63) is 54.1 Å². The van der Waals surface area contributed by atoms with Crippen LogP contribution in [0.5, 0.6) is 11.5 Å². The van der Waals surface area contributed by atoms with Gasteiger partial charge < -0.3 is 20.1 Å². The van der Waals surface area contributed by atoms with Gasteiger partial charge >= 0.3 is 0 Å². The van der Waals surface area contributed by atoms with Crippen molar-refractivity contribution in [2.45, 2.75) is 6.92 Å². The molecule has 0 aliphatic carbocycles. The fourth-order valence-corrected chi connectivity index (χ4v) is 2.04. The van der Waals surface area contributed by atoms with Gasteiger partial charge in [-0.05, 0) is 36.8 Å². The van der Waals surface area contributed by atoms with E-state index >= 15 is 0 Å². The summed E-state index contributed by atoms with van der Waals surface area (Å²) in [5.74, 6) is 1.23. The lowest BCUT2D eigenvalue weighted by Crippen LogP contribution is -2.30. The van der Waals surface area contributed by atoms with Crippen LogP contribution in [-0.4, -0.2) is 32.7 Å². The van der Waals surface area contributed by atoms with Crippen LogP contribution in [0.3, 0.4) is 0 Å². The molecule has 0 heterocycles. The van der Waals surface area contributed by atoms with E-state index in [1.54, 1.807) is 7.11 Å². The summed E-state index contributed by atoms with van der Waals surface area (Å²) in [6.07, 6.45) is 0. The van der Waals surface area contributed by atoms with E-state index < -0.39 is 0 Å². The van der Waals surface area contributed by atoms with Crippen molar-refractivity contribution in [2.75, 3.05) is 32.1 Å². The molecule has 0 fully saturated rings. The van der Waals surface area contributed by atoms with Crippen molar-refractivity contribution in [2.24, 2.45) is 0 Å². The molecule has 0 unspecified atom stereocenters.